The minimum Gasteiger partial charge on any atom is -0.444 e. The van der Waals surface area contributed by atoms with Crippen molar-refractivity contribution in [2.45, 2.75) is 53.3 Å². The van der Waals surface area contributed by atoms with Crippen molar-refractivity contribution in [2.75, 3.05) is 26.2 Å². The van der Waals surface area contributed by atoms with Gasteiger partial charge in [0.2, 0.25) is 0 Å². The van der Waals surface area contributed by atoms with Gasteiger partial charge < -0.3 is 9.64 Å². The summed E-state index contributed by atoms with van der Waals surface area (Å²) in [5, 5.41) is 4.40. The lowest BCUT2D eigenvalue weighted by Gasteiger charge is -2.35. The number of nitrogens with zero attached hydrogens (tertiary/aromatic N) is 4. The Bertz CT molecular complexity index is 1050. The van der Waals surface area contributed by atoms with E-state index in [1.807, 2.05) is 34.6 Å². The molecule has 1 aromatic carbocycles. The average Bonchev–Trinajstić information content (AvgIpc) is 2.71. The molecule has 0 saturated carbocycles. The number of aromatic nitrogens is 2. The Hall–Kier alpha value is -2.81. The average molecular weight is 463 g/mol. The summed E-state index contributed by atoms with van der Waals surface area (Å²) < 4.78 is 34.0. The van der Waals surface area contributed by atoms with Crippen LogP contribution in [-0.2, 0) is 17.8 Å². The van der Waals surface area contributed by atoms with Crippen LogP contribution in [0.1, 0.15) is 40.2 Å². The summed E-state index contributed by atoms with van der Waals surface area (Å²) in [6.07, 6.45) is -0.342. The SMILES string of the molecule is CC(C)Cn1nc(-c2ccc(F)c(F)c2)cc(CN2CCN(C(=O)OC(C)(C)C)CC2)c1=O. The molecule has 1 saturated heterocycles. The highest BCUT2D eigenvalue weighted by Crippen LogP contribution is 2.21. The Morgan fingerprint density at radius 1 is 1.09 bits per heavy atom. The molecule has 7 nitrogen and oxygen atoms in total. The fourth-order valence-electron chi connectivity index (χ4n) is 3.63. The quantitative estimate of drug-likeness (QED) is 0.674. The zero-order valence-electron chi connectivity index (χ0n) is 19.9. The van der Waals surface area contributed by atoms with Crippen molar-refractivity contribution >= 4 is 6.09 Å². The van der Waals surface area contributed by atoms with Crippen molar-refractivity contribution in [1.82, 2.24) is 19.6 Å². The fraction of sp³-hybridized carbons (Fsp3) is 0.542. The van der Waals surface area contributed by atoms with Crippen molar-refractivity contribution in [3.63, 3.8) is 0 Å². The molecule has 1 fully saturated rings. The molecule has 0 N–H and O–H groups in total. The predicted molar refractivity (Wildman–Crippen MR) is 122 cm³/mol. The molecule has 1 amide bonds. The van der Waals surface area contributed by atoms with E-state index in [4.69, 9.17) is 4.74 Å². The molecule has 0 aliphatic carbocycles. The van der Waals surface area contributed by atoms with E-state index < -0.39 is 17.2 Å². The van der Waals surface area contributed by atoms with Gasteiger partial charge in [-0.2, -0.15) is 5.10 Å². The number of carbonyl (C=O) groups is 1. The summed E-state index contributed by atoms with van der Waals surface area (Å²) >= 11 is 0. The first kappa shape index (κ1) is 24.8. The number of benzene rings is 1. The summed E-state index contributed by atoms with van der Waals surface area (Å²) in [6.45, 7) is 12.4. The molecule has 1 aliphatic rings. The molecular formula is C24H32F2N4O3. The van der Waals surface area contributed by atoms with Gasteiger partial charge in [-0.25, -0.2) is 18.3 Å². The molecule has 0 radical (unpaired) electrons. The molecule has 1 aliphatic heterocycles. The minimum absolute atomic E-state index is 0.181. The van der Waals surface area contributed by atoms with E-state index in [0.717, 1.165) is 12.1 Å². The Labute approximate surface area is 192 Å². The normalized spacial score (nSPS) is 15.2. The van der Waals surface area contributed by atoms with Gasteiger partial charge in [-0.05, 0) is 51.0 Å². The lowest BCUT2D eigenvalue weighted by Crippen LogP contribution is -2.50. The predicted octanol–water partition coefficient (Wildman–Crippen LogP) is 3.90. The maximum Gasteiger partial charge on any atom is 0.410 e. The lowest BCUT2D eigenvalue weighted by molar-refractivity contribution is 0.0138. The Balaban J connectivity index is 1.80. The van der Waals surface area contributed by atoms with Crippen molar-refractivity contribution in [2.24, 2.45) is 5.92 Å². The molecule has 2 aromatic rings. The first-order valence-electron chi connectivity index (χ1n) is 11.2. The van der Waals surface area contributed by atoms with Crippen LogP contribution < -0.4 is 5.56 Å². The largest absolute Gasteiger partial charge is 0.444 e. The van der Waals surface area contributed by atoms with Gasteiger partial charge >= 0.3 is 6.09 Å². The Morgan fingerprint density at radius 2 is 1.76 bits per heavy atom. The summed E-state index contributed by atoms with van der Waals surface area (Å²) in [7, 11) is 0. The number of hydrogen-bond donors (Lipinski definition) is 0. The van der Waals surface area contributed by atoms with Crippen LogP contribution in [0, 0.1) is 17.6 Å². The molecule has 180 valence electrons. The topological polar surface area (TPSA) is 67.7 Å². The monoisotopic (exact) mass is 462 g/mol. The standard InChI is InChI=1S/C24H32F2N4O3/c1-16(2)14-30-22(31)18(13-21(27-30)17-6-7-19(25)20(26)12-17)15-28-8-10-29(11-9-28)23(32)33-24(3,4)5/h6-7,12-13,16H,8-11,14-15H2,1-5H3. The molecule has 3 rings (SSSR count). The molecule has 0 unspecified atom stereocenters. The first-order valence-corrected chi connectivity index (χ1v) is 11.2. The third-order valence-electron chi connectivity index (χ3n) is 5.22. The second-order valence-corrected chi connectivity index (χ2v) is 9.81. The second-order valence-electron chi connectivity index (χ2n) is 9.81. The first-order chi connectivity index (χ1) is 15.4. The highest BCUT2D eigenvalue weighted by Gasteiger charge is 2.26. The van der Waals surface area contributed by atoms with Gasteiger partial charge in [-0.3, -0.25) is 9.69 Å². The number of amides is 1. The maximum atomic E-state index is 13.8. The van der Waals surface area contributed by atoms with E-state index in [9.17, 15) is 18.4 Å². The van der Waals surface area contributed by atoms with Crippen LogP contribution in [0.15, 0.2) is 29.1 Å². The van der Waals surface area contributed by atoms with Gasteiger partial charge in [0.15, 0.2) is 11.6 Å². The van der Waals surface area contributed by atoms with Crippen LogP contribution in [0.25, 0.3) is 11.3 Å². The molecule has 2 heterocycles. The number of carbonyl (C=O) groups excluding carboxylic acids is 1. The van der Waals surface area contributed by atoms with Crippen molar-refractivity contribution < 1.29 is 18.3 Å². The highest BCUT2D eigenvalue weighted by molar-refractivity contribution is 5.68. The molecule has 0 bridgehead atoms. The number of piperazine rings is 1. The third kappa shape index (κ3) is 6.60. The van der Waals surface area contributed by atoms with E-state index in [1.54, 1.807) is 11.0 Å². The van der Waals surface area contributed by atoms with Crippen LogP contribution in [0.4, 0.5) is 13.6 Å². The zero-order valence-corrected chi connectivity index (χ0v) is 19.9. The number of rotatable bonds is 5. The van der Waals surface area contributed by atoms with E-state index >= 15 is 0 Å². The van der Waals surface area contributed by atoms with Crippen molar-refractivity contribution in [1.29, 1.82) is 0 Å². The molecule has 1 aromatic heterocycles. The summed E-state index contributed by atoms with van der Waals surface area (Å²) in [5.74, 6) is -1.71. The molecule has 33 heavy (non-hydrogen) atoms. The Kier molecular flexibility index (Phi) is 7.51. The van der Waals surface area contributed by atoms with Gasteiger partial charge in [-0.1, -0.05) is 13.8 Å². The van der Waals surface area contributed by atoms with E-state index in [1.165, 1.54) is 10.7 Å². The zero-order chi connectivity index (χ0) is 24.3. The van der Waals surface area contributed by atoms with Crippen LogP contribution in [0.3, 0.4) is 0 Å². The smallest absolute Gasteiger partial charge is 0.410 e. The number of ether oxygens (including phenoxy) is 1. The van der Waals surface area contributed by atoms with E-state index in [-0.39, 0.29) is 17.6 Å². The second kappa shape index (κ2) is 9.99. The molecule has 0 atom stereocenters. The van der Waals surface area contributed by atoms with E-state index in [2.05, 4.69) is 10.00 Å². The molecule has 0 spiro atoms. The van der Waals surface area contributed by atoms with Crippen molar-refractivity contribution in [3.05, 3.63) is 51.8 Å². The maximum absolute atomic E-state index is 13.8. The van der Waals surface area contributed by atoms with Gasteiger partial charge in [0.05, 0.1) is 5.69 Å². The van der Waals surface area contributed by atoms with Crippen LogP contribution in [0.5, 0.6) is 0 Å². The number of hydrogen-bond acceptors (Lipinski definition) is 5. The third-order valence-corrected chi connectivity index (χ3v) is 5.22. The fourth-order valence-corrected chi connectivity index (χ4v) is 3.63. The number of halogens is 2. The van der Waals surface area contributed by atoms with E-state index in [0.29, 0.717) is 56.1 Å². The molecule has 9 heteroatoms. The van der Waals surface area contributed by atoms with Gasteiger partial charge in [0.25, 0.3) is 5.56 Å². The van der Waals surface area contributed by atoms with Crippen molar-refractivity contribution in [3.8, 4) is 11.3 Å². The van der Waals surface area contributed by atoms with Crippen LogP contribution in [0.2, 0.25) is 0 Å². The minimum atomic E-state index is -0.962. The Morgan fingerprint density at radius 3 is 2.33 bits per heavy atom. The van der Waals surface area contributed by atoms with Gasteiger partial charge in [0.1, 0.15) is 5.60 Å². The summed E-state index contributed by atoms with van der Waals surface area (Å²) in [5.41, 5.74) is 0.586. The van der Waals surface area contributed by atoms with Crippen LogP contribution >= 0.6 is 0 Å². The van der Waals surface area contributed by atoms with Gasteiger partial charge in [-0.15, -0.1) is 0 Å². The molecular weight excluding hydrogens is 430 g/mol. The van der Waals surface area contributed by atoms with Gasteiger partial charge in [0, 0.05) is 50.4 Å². The summed E-state index contributed by atoms with van der Waals surface area (Å²) in [6, 6.07) is 5.24. The highest BCUT2D eigenvalue weighted by atomic mass is 19.2. The lowest BCUT2D eigenvalue weighted by atomic mass is 10.1. The summed E-state index contributed by atoms with van der Waals surface area (Å²) in [4.78, 5) is 29.1. The van der Waals surface area contributed by atoms with Crippen LogP contribution in [-0.4, -0.2) is 57.5 Å².